The molecular formula is C15H25NO5. The number of ether oxygens (including phenoxy) is 4. The van der Waals surface area contributed by atoms with E-state index < -0.39 is 0 Å². The third-order valence-electron chi connectivity index (χ3n) is 3.54. The van der Waals surface area contributed by atoms with Gasteiger partial charge in [-0.25, -0.2) is 0 Å². The fraction of sp³-hybridized carbons (Fsp3) is 0.800. The van der Waals surface area contributed by atoms with Gasteiger partial charge in [0.1, 0.15) is 0 Å². The number of nitrogens with one attached hydrogen (secondary N) is 1. The van der Waals surface area contributed by atoms with Gasteiger partial charge in [-0.2, -0.15) is 0 Å². The van der Waals surface area contributed by atoms with E-state index in [1.165, 1.54) is 0 Å². The Morgan fingerprint density at radius 2 is 1.52 bits per heavy atom. The fourth-order valence-electron chi connectivity index (χ4n) is 2.44. The SMILES string of the molecule is C=CCNC(=O)C(CC1OCCCO1)CC1OCCCO1. The van der Waals surface area contributed by atoms with E-state index in [2.05, 4.69) is 11.9 Å². The molecule has 2 aliphatic heterocycles. The molecule has 0 aromatic heterocycles. The van der Waals surface area contributed by atoms with Crippen molar-refractivity contribution < 1.29 is 23.7 Å². The molecule has 0 bridgehead atoms. The standard InChI is InChI=1S/C15H25NO5/c1-2-5-16-15(17)12(10-13-18-6-3-7-19-13)11-14-20-8-4-9-21-14/h2,12-14H,1,3-11H2,(H,16,17). The maximum Gasteiger partial charge on any atom is 0.223 e. The Hall–Kier alpha value is -0.950. The second kappa shape index (κ2) is 9.15. The Balaban J connectivity index is 1.87. The molecule has 2 rings (SSSR count). The van der Waals surface area contributed by atoms with Gasteiger partial charge in [0.25, 0.3) is 0 Å². The molecule has 2 heterocycles. The Morgan fingerprint density at radius 1 is 1.05 bits per heavy atom. The smallest absolute Gasteiger partial charge is 0.223 e. The molecule has 1 N–H and O–H groups in total. The molecule has 0 aromatic rings. The zero-order chi connectivity index (χ0) is 14.9. The normalized spacial score (nSPS) is 21.4. The number of hydrogen-bond acceptors (Lipinski definition) is 5. The average molecular weight is 299 g/mol. The van der Waals surface area contributed by atoms with E-state index in [9.17, 15) is 4.79 Å². The largest absolute Gasteiger partial charge is 0.353 e. The van der Waals surface area contributed by atoms with Crippen LogP contribution >= 0.6 is 0 Å². The summed E-state index contributed by atoms with van der Waals surface area (Å²) in [5, 5.41) is 2.83. The maximum atomic E-state index is 12.3. The summed E-state index contributed by atoms with van der Waals surface area (Å²) in [6.07, 6.45) is 3.87. The molecule has 21 heavy (non-hydrogen) atoms. The molecule has 120 valence electrons. The van der Waals surface area contributed by atoms with Crippen molar-refractivity contribution in [2.24, 2.45) is 5.92 Å². The molecule has 0 aromatic carbocycles. The van der Waals surface area contributed by atoms with Crippen LogP contribution in [0.1, 0.15) is 25.7 Å². The second-order valence-electron chi connectivity index (χ2n) is 5.25. The molecule has 2 aliphatic rings. The van der Waals surface area contributed by atoms with Gasteiger partial charge in [-0.05, 0) is 12.8 Å². The van der Waals surface area contributed by atoms with Crippen molar-refractivity contribution >= 4 is 5.91 Å². The summed E-state index contributed by atoms with van der Waals surface area (Å²) in [6, 6.07) is 0. The number of rotatable bonds is 7. The van der Waals surface area contributed by atoms with Crippen molar-refractivity contribution in [2.45, 2.75) is 38.3 Å². The molecule has 6 heteroatoms. The first-order valence-corrected chi connectivity index (χ1v) is 7.64. The third kappa shape index (κ3) is 5.74. The van der Waals surface area contributed by atoms with Gasteiger partial charge >= 0.3 is 0 Å². The zero-order valence-electron chi connectivity index (χ0n) is 12.4. The van der Waals surface area contributed by atoms with E-state index in [4.69, 9.17) is 18.9 Å². The van der Waals surface area contributed by atoms with Gasteiger partial charge in [0.2, 0.25) is 5.91 Å². The van der Waals surface area contributed by atoms with Gasteiger partial charge in [-0.1, -0.05) is 6.08 Å². The van der Waals surface area contributed by atoms with Crippen molar-refractivity contribution in [3.8, 4) is 0 Å². The van der Waals surface area contributed by atoms with Crippen molar-refractivity contribution in [2.75, 3.05) is 33.0 Å². The molecule has 0 saturated carbocycles. The minimum absolute atomic E-state index is 0.0366. The molecule has 0 spiro atoms. The first-order valence-electron chi connectivity index (χ1n) is 7.64. The van der Waals surface area contributed by atoms with Gasteiger partial charge in [-0.15, -0.1) is 6.58 Å². The van der Waals surface area contributed by atoms with Gasteiger partial charge in [-0.3, -0.25) is 4.79 Å². The third-order valence-corrected chi connectivity index (χ3v) is 3.54. The molecule has 0 unspecified atom stereocenters. The van der Waals surface area contributed by atoms with Gasteiger partial charge < -0.3 is 24.3 Å². The molecule has 6 nitrogen and oxygen atoms in total. The Bertz CT molecular complexity index is 304. The predicted molar refractivity (Wildman–Crippen MR) is 76.5 cm³/mol. The summed E-state index contributed by atoms with van der Waals surface area (Å²) in [4.78, 5) is 12.3. The molecule has 2 saturated heterocycles. The van der Waals surface area contributed by atoms with E-state index in [-0.39, 0.29) is 24.4 Å². The molecule has 0 radical (unpaired) electrons. The number of carbonyl (C=O) groups is 1. The lowest BCUT2D eigenvalue weighted by Gasteiger charge is -2.30. The number of hydrogen-bond donors (Lipinski definition) is 1. The van der Waals surface area contributed by atoms with Crippen LogP contribution in [0, 0.1) is 5.92 Å². The van der Waals surface area contributed by atoms with Gasteiger partial charge in [0, 0.05) is 25.3 Å². The van der Waals surface area contributed by atoms with Crippen molar-refractivity contribution in [1.29, 1.82) is 0 Å². The van der Waals surface area contributed by atoms with E-state index >= 15 is 0 Å². The summed E-state index contributed by atoms with van der Waals surface area (Å²) in [7, 11) is 0. The van der Waals surface area contributed by atoms with Crippen LogP contribution < -0.4 is 5.32 Å². The van der Waals surface area contributed by atoms with Crippen molar-refractivity contribution in [1.82, 2.24) is 5.32 Å². The Morgan fingerprint density at radius 3 is 1.95 bits per heavy atom. The molecule has 1 amide bonds. The fourth-order valence-corrected chi connectivity index (χ4v) is 2.44. The minimum atomic E-state index is -0.318. The monoisotopic (exact) mass is 299 g/mol. The first-order chi connectivity index (χ1) is 10.3. The molecule has 2 fully saturated rings. The van der Waals surface area contributed by atoms with Crippen LogP contribution in [0.4, 0.5) is 0 Å². The van der Waals surface area contributed by atoms with Gasteiger partial charge in [0.15, 0.2) is 12.6 Å². The average Bonchev–Trinajstić information content (AvgIpc) is 2.54. The summed E-state index contributed by atoms with van der Waals surface area (Å²) < 4.78 is 22.2. The highest BCUT2D eigenvalue weighted by Crippen LogP contribution is 2.22. The van der Waals surface area contributed by atoms with Crippen LogP contribution in [0.5, 0.6) is 0 Å². The summed E-state index contributed by atoms with van der Waals surface area (Å²) >= 11 is 0. The summed E-state index contributed by atoms with van der Waals surface area (Å²) in [5.41, 5.74) is 0. The van der Waals surface area contributed by atoms with Gasteiger partial charge in [0.05, 0.1) is 26.4 Å². The topological polar surface area (TPSA) is 66.0 Å². The molecular weight excluding hydrogens is 274 g/mol. The van der Waals surface area contributed by atoms with Crippen LogP contribution in [-0.4, -0.2) is 51.5 Å². The van der Waals surface area contributed by atoms with E-state index in [1.807, 2.05) is 0 Å². The number of carbonyl (C=O) groups excluding carboxylic acids is 1. The predicted octanol–water partition coefficient (Wildman–Crippen LogP) is 1.21. The Labute approximate surface area is 125 Å². The van der Waals surface area contributed by atoms with Crippen molar-refractivity contribution in [3.05, 3.63) is 12.7 Å². The van der Waals surface area contributed by atoms with Crippen LogP contribution in [0.15, 0.2) is 12.7 Å². The van der Waals surface area contributed by atoms with Crippen LogP contribution in [0.25, 0.3) is 0 Å². The minimum Gasteiger partial charge on any atom is -0.353 e. The highest BCUT2D eigenvalue weighted by atomic mass is 16.7. The lowest BCUT2D eigenvalue weighted by atomic mass is 9.99. The number of amides is 1. The highest BCUT2D eigenvalue weighted by molar-refractivity contribution is 5.78. The highest BCUT2D eigenvalue weighted by Gasteiger charge is 2.29. The van der Waals surface area contributed by atoms with Crippen LogP contribution in [0.2, 0.25) is 0 Å². The van der Waals surface area contributed by atoms with E-state index in [0.29, 0.717) is 45.8 Å². The van der Waals surface area contributed by atoms with Crippen LogP contribution in [-0.2, 0) is 23.7 Å². The van der Waals surface area contributed by atoms with E-state index in [1.54, 1.807) is 6.08 Å². The summed E-state index contributed by atoms with van der Waals surface area (Å²) in [5.74, 6) is -0.290. The van der Waals surface area contributed by atoms with Crippen LogP contribution in [0.3, 0.4) is 0 Å². The lowest BCUT2D eigenvalue weighted by molar-refractivity contribution is -0.204. The first kappa shape index (κ1) is 16.4. The van der Waals surface area contributed by atoms with E-state index in [0.717, 1.165) is 12.8 Å². The van der Waals surface area contributed by atoms with Crippen molar-refractivity contribution in [3.63, 3.8) is 0 Å². The molecule has 0 atom stereocenters. The Kier molecular flexibility index (Phi) is 7.15. The lowest BCUT2D eigenvalue weighted by Crippen LogP contribution is -2.39. The quantitative estimate of drug-likeness (QED) is 0.716. The molecule has 0 aliphatic carbocycles. The summed E-state index contributed by atoms with van der Waals surface area (Å²) in [6.45, 7) is 6.79. The zero-order valence-corrected chi connectivity index (χ0v) is 12.4. The second-order valence-corrected chi connectivity index (χ2v) is 5.25. The maximum absolute atomic E-state index is 12.3.